The van der Waals surface area contributed by atoms with Gasteiger partial charge in [-0.25, -0.2) is 4.99 Å². The van der Waals surface area contributed by atoms with Crippen LogP contribution in [0.5, 0.6) is 0 Å². The van der Waals surface area contributed by atoms with Gasteiger partial charge >= 0.3 is 0 Å². The van der Waals surface area contributed by atoms with E-state index in [1.807, 2.05) is 42.5 Å². The van der Waals surface area contributed by atoms with Gasteiger partial charge in [0.1, 0.15) is 5.84 Å². The Hall–Kier alpha value is -2.31. The van der Waals surface area contributed by atoms with Crippen molar-refractivity contribution >= 4 is 23.1 Å². The van der Waals surface area contributed by atoms with Crippen molar-refractivity contribution in [3.63, 3.8) is 0 Å². The average molecular weight is 270 g/mol. The fourth-order valence-electron chi connectivity index (χ4n) is 1.72. The number of nitrogens with zero attached hydrogens (tertiary/aromatic N) is 2. The molecule has 0 atom stereocenters. The van der Waals surface area contributed by atoms with Gasteiger partial charge in [0.2, 0.25) is 0 Å². The predicted octanol–water partition coefficient (Wildman–Crippen LogP) is 3.45. The van der Waals surface area contributed by atoms with Crippen molar-refractivity contribution in [2.24, 2.45) is 10.7 Å². The number of benzene rings is 2. The van der Waals surface area contributed by atoms with Crippen LogP contribution in [0.2, 0.25) is 0 Å². The molecule has 0 amide bonds. The smallest absolute Gasteiger partial charge is 0.115 e. The molecule has 4 heteroatoms. The molecule has 0 bridgehead atoms. The summed E-state index contributed by atoms with van der Waals surface area (Å²) in [7, 11) is 0. The van der Waals surface area contributed by atoms with E-state index < -0.39 is 0 Å². The molecule has 2 aromatic rings. The van der Waals surface area contributed by atoms with Gasteiger partial charge in [-0.1, -0.05) is 24.3 Å². The van der Waals surface area contributed by atoms with E-state index in [2.05, 4.69) is 11.1 Å². The molecule has 0 aliphatic rings. The minimum Gasteiger partial charge on any atom is -0.386 e. The number of hydrogen-bond donors (Lipinski definition) is 1. The second kappa shape index (κ2) is 6.03. The molecule has 0 unspecified atom stereocenters. The molecule has 94 valence electrons. The minimum atomic E-state index is 0.203. The minimum absolute atomic E-state index is 0.203. The summed E-state index contributed by atoms with van der Waals surface area (Å²) in [6.07, 6.45) is 0. The molecule has 0 radical (unpaired) electrons. The zero-order valence-electron chi connectivity index (χ0n) is 10.2. The lowest BCUT2D eigenvalue weighted by molar-refractivity contribution is 1.45. The third-order valence-corrected chi connectivity index (χ3v) is 2.85. The number of hydrogen-bond acceptors (Lipinski definition) is 2. The average Bonchev–Trinajstić information content (AvgIpc) is 2.47. The second-order valence-corrected chi connectivity index (χ2v) is 4.25. The summed E-state index contributed by atoms with van der Waals surface area (Å²) >= 11 is 5.61. The number of rotatable bonds is 3. The van der Waals surface area contributed by atoms with Crippen LogP contribution in [-0.2, 0) is 0 Å². The Bertz CT molecular complexity index is 656. The highest BCUT2D eigenvalue weighted by atomic mass is 35.5. The Labute approximate surface area is 117 Å². The summed E-state index contributed by atoms with van der Waals surface area (Å²) in [5.74, 6) is 0.582. The van der Waals surface area contributed by atoms with Crippen LogP contribution in [-0.4, -0.2) is 11.7 Å². The lowest BCUT2D eigenvalue weighted by atomic mass is 10.0. The van der Waals surface area contributed by atoms with Crippen molar-refractivity contribution in [2.75, 3.05) is 5.88 Å². The van der Waals surface area contributed by atoms with Gasteiger partial charge in [-0.3, -0.25) is 0 Å². The third-order valence-electron chi connectivity index (χ3n) is 2.58. The fraction of sp³-hybridized carbons (Fsp3) is 0.0667. The van der Waals surface area contributed by atoms with E-state index in [-0.39, 0.29) is 5.88 Å². The number of halogens is 1. The van der Waals surface area contributed by atoms with Crippen molar-refractivity contribution in [3.05, 3.63) is 54.1 Å². The van der Waals surface area contributed by atoms with Gasteiger partial charge in [0, 0.05) is 0 Å². The fourth-order valence-corrected chi connectivity index (χ4v) is 1.78. The van der Waals surface area contributed by atoms with Crippen molar-refractivity contribution in [3.8, 4) is 17.2 Å². The van der Waals surface area contributed by atoms with Crippen molar-refractivity contribution in [1.29, 1.82) is 5.26 Å². The van der Waals surface area contributed by atoms with Crippen LogP contribution in [0.15, 0.2) is 53.5 Å². The molecule has 2 rings (SSSR count). The first-order valence-corrected chi connectivity index (χ1v) is 6.26. The van der Waals surface area contributed by atoms with Gasteiger partial charge in [-0.15, -0.1) is 11.6 Å². The summed E-state index contributed by atoms with van der Waals surface area (Å²) < 4.78 is 0. The summed E-state index contributed by atoms with van der Waals surface area (Å²) in [5.41, 5.74) is 8.95. The maximum atomic E-state index is 8.91. The number of amidine groups is 1. The van der Waals surface area contributed by atoms with E-state index in [9.17, 15) is 0 Å². The van der Waals surface area contributed by atoms with E-state index in [0.29, 0.717) is 11.4 Å². The van der Waals surface area contributed by atoms with Crippen LogP contribution in [0.25, 0.3) is 11.1 Å². The van der Waals surface area contributed by atoms with Crippen LogP contribution in [0, 0.1) is 11.3 Å². The van der Waals surface area contributed by atoms with Crippen molar-refractivity contribution in [2.45, 2.75) is 0 Å². The summed E-state index contributed by atoms with van der Waals surface area (Å²) in [4.78, 5) is 4.20. The maximum Gasteiger partial charge on any atom is 0.115 e. The second-order valence-electron chi connectivity index (χ2n) is 3.98. The highest BCUT2D eigenvalue weighted by Crippen LogP contribution is 2.24. The standard InChI is InChI=1S/C15H12ClN3/c16-9-15(18)19-14-6-2-5-13(8-14)12-4-1-3-11(7-12)10-17/h1-8H,9H2,(H2,18,19). The first-order valence-electron chi connectivity index (χ1n) is 5.72. The summed E-state index contributed by atoms with van der Waals surface area (Å²) in [6.45, 7) is 0. The molecule has 19 heavy (non-hydrogen) atoms. The lowest BCUT2D eigenvalue weighted by Crippen LogP contribution is -2.12. The number of nitrogens with two attached hydrogens (primary N) is 1. The Morgan fingerprint density at radius 2 is 1.84 bits per heavy atom. The van der Waals surface area contributed by atoms with E-state index in [0.717, 1.165) is 16.8 Å². The zero-order valence-corrected chi connectivity index (χ0v) is 10.9. The van der Waals surface area contributed by atoms with Crippen LogP contribution in [0.1, 0.15) is 5.56 Å². The normalized spacial score (nSPS) is 11.1. The van der Waals surface area contributed by atoms with Crippen molar-refractivity contribution < 1.29 is 0 Å². The molecule has 2 N–H and O–H groups in total. The lowest BCUT2D eigenvalue weighted by Gasteiger charge is -2.04. The summed E-state index contributed by atoms with van der Waals surface area (Å²) in [5, 5.41) is 8.91. The molecule has 0 aliphatic carbocycles. The number of alkyl halides is 1. The van der Waals surface area contributed by atoms with E-state index >= 15 is 0 Å². The van der Waals surface area contributed by atoms with Crippen LogP contribution in [0.3, 0.4) is 0 Å². The molecule has 0 saturated carbocycles. The molecular weight excluding hydrogens is 258 g/mol. The van der Waals surface area contributed by atoms with Crippen molar-refractivity contribution in [1.82, 2.24) is 0 Å². The Balaban J connectivity index is 2.41. The third kappa shape index (κ3) is 3.34. The molecule has 3 nitrogen and oxygen atoms in total. The largest absolute Gasteiger partial charge is 0.386 e. The highest BCUT2D eigenvalue weighted by molar-refractivity contribution is 6.28. The SMILES string of the molecule is N#Cc1cccc(-c2cccc(N=C(N)CCl)c2)c1. The molecule has 0 fully saturated rings. The first-order chi connectivity index (χ1) is 9.22. The predicted molar refractivity (Wildman–Crippen MR) is 78.6 cm³/mol. The molecule has 0 spiro atoms. The molecule has 0 heterocycles. The van der Waals surface area contributed by atoms with Crippen LogP contribution >= 0.6 is 11.6 Å². The molecule has 2 aromatic carbocycles. The first kappa shape index (κ1) is 13.1. The van der Waals surface area contributed by atoms with E-state index in [1.165, 1.54) is 0 Å². The topological polar surface area (TPSA) is 62.2 Å². The van der Waals surface area contributed by atoms with E-state index in [1.54, 1.807) is 6.07 Å². The Morgan fingerprint density at radius 1 is 1.16 bits per heavy atom. The maximum absolute atomic E-state index is 8.91. The molecule has 0 saturated heterocycles. The zero-order chi connectivity index (χ0) is 13.7. The number of nitriles is 1. The molecular formula is C15H12ClN3. The molecule has 0 aliphatic heterocycles. The molecule has 0 aromatic heterocycles. The van der Waals surface area contributed by atoms with Crippen LogP contribution < -0.4 is 5.73 Å². The Kier molecular flexibility index (Phi) is 4.17. The monoisotopic (exact) mass is 269 g/mol. The van der Waals surface area contributed by atoms with Gasteiger partial charge in [0.15, 0.2) is 0 Å². The Morgan fingerprint density at radius 3 is 2.53 bits per heavy atom. The van der Waals surface area contributed by atoms with Gasteiger partial charge < -0.3 is 5.73 Å². The van der Waals surface area contributed by atoms with Gasteiger partial charge in [0.25, 0.3) is 0 Å². The quantitative estimate of drug-likeness (QED) is 0.527. The van der Waals surface area contributed by atoms with Gasteiger partial charge in [-0.05, 0) is 35.4 Å². The van der Waals surface area contributed by atoms with Gasteiger partial charge in [-0.2, -0.15) is 5.26 Å². The van der Waals surface area contributed by atoms with E-state index in [4.69, 9.17) is 22.6 Å². The summed E-state index contributed by atoms with van der Waals surface area (Å²) in [6, 6.07) is 17.2. The number of aliphatic imine (C=N–C) groups is 1. The van der Waals surface area contributed by atoms with Crippen LogP contribution in [0.4, 0.5) is 5.69 Å². The highest BCUT2D eigenvalue weighted by Gasteiger charge is 2.00. The van der Waals surface area contributed by atoms with Gasteiger partial charge in [0.05, 0.1) is 23.2 Å².